The van der Waals surface area contributed by atoms with E-state index in [2.05, 4.69) is 61.2 Å². The fourth-order valence-electron chi connectivity index (χ4n) is 2.74. The van der Waals surface area contributed by atoms with Crippen molar-refractivity contribution in [3.63, 3.8) is 0 Å². The molecule has 3 heteroatoms. The molecular formula is C16H28N2Si. The Morgan fingerprint density at radius 2 is 1.89 bits per heavy atom. The molecule has 1 aromatic carbocycles. The molecule has 2 rings (SSSR count). The van der Waals surface area contributed by atoms with Crippen LogP contribution in [0.25, 0.3) is 0 Å². The first kappa shape index (κ1) is 14.8. The molecule has 0 saturated carbocycles. The van der Waals surface area contributed by atoms with Crippen molar-refractivity contribution in [3.05, 3.63) is 29.8 Å². The molecule has 1 aromatic rings. The van der Waals surface area contributed by atoms with Crippen LogP contribution >= 0.6 is 0 Å². The Labute approximate surface area is 119 Å². The summed E-state index contributed by atoms with van der Waals surface area (Å²) >= 11 is 0. The molecular weight excluding hydrogens is 248 g/mol. The summed E-state index contributed by atoms with van der Waals surface area (Å²) in [6.07, 6.45) is 2.70. The maximum absolute atomic E-state index is 3.60. The molecule has 1 atom stereocenters. The first-order chi connectivity index (χ1) is 8.97. The van der Waals surface area contributed by atoms with Gasteiger partial charge in [-0.05, 0) is 32.0 Å². The molecule has 0 spiro atoms. The van der Waals surface area contributed by atoms with Gasteiger partial charge in [0, 0.05) is 19.1 Å². The molecule has 2 nitrogen and oxygen atoms in total. The van der Waals surface area contributed by atoms with Crippen LogP contribution in [0, 0.1) is 0 Å². The smallest absolute Gasteiger partial charge is 0.0775 e. The first-order valence-corrected chi connectivity index (χ1v) is 11.0. The highest BCUT2D eigenvalue weighted by molar-refractivity contribution is 6.88. The maximum atomic E-state index is 3.60. The summed E-state index contributed by atoms with van der Waals surface area (Å²) in [6.45, 7) is 10.6. The van der Waals surface area contributed by atoms with Gasteiger partial charge in [0.2, 0.25) is 0 Å². The zero-order valence-electron chi connectivity index (χ0n) is 12.9. The van der Waals surface area contributed by atoms with Gasteiger partial charge in [-0.15, -0.1) is 0 Å². The molecule has 0 radical (unpaired) electrons. The van der Waals surface area contributed by atoms with Gasteiger partial charge in [0.25, 0.3) is 0 Å². The summed E-state index contributed by atoms with van der Waals surface area (Å²) in [5.41, 5.74) is 1.41. The summed E-state index contributed by atoms with van der Waals surface area (Å²) in [7, 11) is 1.09. The number of likely N-dealkylation sites (N-methyl/N-ethyl adjacent to an activating group) is 1. The van der Waals surface area contributed by atoms with Crippen LogP contribution in [-0.4, -0.2) is 39.2 Å². The van der Waals surface area contributed by atoms with Crippen LogP contribution in [-0.2, 0) is 6.54 Å². The van der Waals surface area contributed by atoms with Crippen LogP contribution in [0.1, 0.15) is 18.4 Å². The number of benzene rings is 1. The van der Waals surface area contributed by atoms with Crippen LogP contribution in [0.2, 0.25) is 19.6 Å². The van der Waals surface area contributed by atoms with Gasteiger partial charge in [0.1, 0.15) is 0 Å². The van der Waals surface area contributed by atoms with E-state index in [1.54, 1.807) is 5.19 Å². The van der Waals surface area contributed by atoms with Crippen LogP contribution in [0.5, 0.6) is 0 Å². The van der Waals surface area contributed by atoms with Gasteiger partial charge in [0.05, 0.1) is 8.07 Å². The molecule has 0 aliphatic carbocycles. The predicted octanol–water partition coefficient (Wildman–Crippen LogP) is 2.42. The Morgan fingerprint density at radius 3 is 2.42 bits per heavy atom. The van der Waals surface area contributed by atoms with Gasteiger partial charge in [-0.25, -0.2) is 0 Å². The van der Waals surface area contributed by atoms with Crippen molar-refractivity contribution >= 4 is 13.3 Å². The SMILES string of the molecule is CN1CCCC1CNCc1ccc([Si](C)(C)C)cc1. The molecule has 0 bridgehead atoms. The second-order valence-electron chi connectivity index (χ2n) is 6.85. The minimum Gasteiger partial charge on any atom is -0.311 e. The van der Waals surface area contributed by atoms with Gasteiger partial charge in [-0.1, -0.05) is 49.1 Å². The van der Waals surface area contributed by atoms with Crippen molar-refractivity contribution in [2.75, 3.05) is 20.1 Å². The van der Waals surface area contributed by atoms with E-state index in [-0.39, 0.29) is 0 Å². The Morgan fingerprint density at radius 1 is 1.21 bits per heavy atom. The number of hydrogen-bond acceptors (Lipinski definition) is 2. The van der Waals surface area contributed by atoms with E-state index >= 15 is 0 Å². The summed E-state index contributed by atoms with van der Waals surface area (Å²) in [5, 5.41) is 5.15. The third kappa shape index (κ3) is 4.16. The van der Waals surface area contributed by atoms with Crippen LogP contribution in [0.4, 0.5) is 0 Å². The third-order valence-corrected chi connectivity index (χ3v) is 6.27. The monoisotopic (exact) mass is 276 g/mol. The fourth-order valence-corrected chi connectivity index (χ4v) is 3.91. The van der Waals surface area contributed by atoms with Crippen molar-refractivity contribution in [2.45, 2.75) is 45.1 Å². The highest BCUT2D eigenvalue weighted by Crippen LogP contribution is 2.13. The molecule has 1 unspecified atom stereocenters. The molecule has 1 N–H and O–H groups in total. The van der Waals surface area contributed by atoms with Crippen molar-refractivity contribution in [1.29, 1.82) is 0 Å². The van der Waals surface area contributed by atoms with Gasteiger partial charge < -0.3 is 10.2 Å². The molecule has 1 aliphatic rings. The molecule has 1 aliphatic heterocycles. The number of rotatable bonds is 5. The lowest BCUT2D eigenvalue weighted by molar-refractivity contribution is 0.300. The molecule has 0 aromatic heterocycles. The Hall–Kier alpha value is -0.643. The molecule has 1 saturated heterocycles. The van der Waals surface area contributed by atoms with Gasteiger partial charge in [0.15, 0.2) is 0 Å². The van der Waals surface area contributed by atoms with Gasteiger partial charge in [-0.2, -0.15) is 0 Å². The summed E-state index contributed by atoms with van der Waals surface area (Å²) in [5.74, 6) is 0. The van der Waals surface area contributed by atoms with E-state index < -0.39 is 8.07 Å². The molecule has 0 amide bonds. The van der Waals surface area contributed by atoms with Crippen molar-refractivity contribution < 1.29 is 0 Å². The summed E-state index contributed by atoms with van der Waals surface area (Å²) < 4.78 is 0. The lowest BCUT2D eigenvalue weighted by atomic mass is 10.2. The first-order valence-electron chi connectivity index (χ1n) is 7.47. The molecule has 106 valence electrons. The number of nitrogens with zero attached hydrogens (tertiary/aromatic N) is 1. The topological polar surface area (TPSA) is 15.3 Å². The zero-order valence-corrected chi connectivity index (χ0v) is 13.9. The van der Waals surface area contributed by atoms with Crippen molar-refractivity contribution in [2.24, 2.45) is 0 Å². The van der Waals surface area contributed by atoms with Crippen molar-refractivity contribution in [1.82, 2.24) is 10.2 Å². The van der Waals surface area contributed by atoms with E-state index in [0.29, 0.717) is 0 Å². The van der Waals surface area contributed by atoms with Crippen LogP contribution in [0.15, 0.2) is 24.3 Å². The molecule has 19 heavy (non-hydrogen) atoms. The van der Waals surface area contributed by atoms with E-state index in [1.807, 2.05) is 0 Å². The second-order valence-corrected chi connectivity index (χ2v) is 11.9. The third-order valence-electron chi connectivity index (χ3n) is 4.20. The normalized spacial score (nSPS) is 20.9. The minimum absolute atomic E-state index is 0.737. The van der Waals surface area contributed by atoms with Crippen LogP contribution in [0.3, 0.4) is 0 Å². The van der Waals surface area contributed by atoms with E-state index in [1.165, 1.54) is 24.9 Å². The number of hydrogen-bond donors (Lipinski definition) is 1. The van der Waals surface area contributed by atoms with E-state index in [9.17, 15) is 0 Å². The van der Waals surface area contributed by atoms with E-state index in [0.717, 1.165) is 19.1 Å². The highest BCUT2D eigenvalue weighted by atomic mass is 28.3. The Balaban J connectivity index is 1.80. The zero-order chi connectivity index (χ0) is 13.9. The van der Waals surface area contributed by atoms with E-state index in [4.69, 9.17) is 0 Å². The minimum atomic E-state index is -1.14. The Bertz CT molecular complexity index is 394. The molecule has 1 fully saturated rings. The van der Waals surface area contributed by atoms with Crippen LogP contribution < -0.4 is 10.5 Å². The molecule has 1 heterocycles. The fraction of sp³-hybridized carbons (Fsp3) is 0.625. The van der Waals surface area contributed by atoms with Crippen molar-refractivity contribution in [3.8, 4) is 0 Å². The summed E-state index contributed by atoms with van der Waals surface area (Å²) in [4.78, 5) is 2.47. The highest BCUT2D eigenvalue weighted by Gasteiger charge is 2.20. The average molecular weight is 276 g/mol. The standard InChI is InChI=1S/C16H28N2Si/c1-18-11-5-6-15(18)13-17-12-14-7-9-16(10-8-14)19(2,3)4/h7-10,15,17H,5-6,11-13H2,1-4H3. The average Bonchev–Trinajstić information content (AvgIpc) is 2.75. The predicted molar refractivity (Wildman–Crippen MR) is 86.8 cm³/mol. The van der Waals surface area contributed by atoms with Gasteiger partial charge in [-0.3, -0.25) is 0 Å². The largest absolute Gasteiger partial charge is 0.311 e. The Kier molecular flexibility index (Phi) is 4.82. The number of nitrogens with one attached hydrogen (secondary N) is 1. The quantitative estimate of drug-likeness (QED) is 0.831. The second kappa shape index (κ2) is 6.20. The summed E-state index contributed by atoms with van der Waals surface area (Å²) in [6, 6.07) is 9.97. The lowest BCUT2D eigenvalue weighted by Gasteiger charge is -2.20. The lowest BCUT2D eigenvalue weighted by Crippen LogP contribution is -2.37. The number of likely N-dealkylation sites (tertiary alicyclic amines) is 1. The van der Waals surface area contributed by atoms with Gasteiger partial charge >= 0.3 is 0 Å². The maximum Gasteiger partial charge on any atom is 0.0775 e.